The number of nitro groups is 1. The highest BCUT2D eigenvalue weighted by atomic mass is 35.5. The number of nitro benzene ring substituents is 1. The van der Waals surface area contributed by atoms with Gasteiger partial charge in [-0.25, -0.2) is 4.68 Å². The number of aryl methyl sites for hydroxylation is 1. The molecule has 1 heterocycles. The second-order valence-electron chi connectivity index (χ2n) is 4.23. The van der Waals surface area contributed by atoms with Crippen LogP contribution in [-0.4, -0.2) is 25.8 Å². The highest BCUT2D eigenvalue weighted by Gasteiger charge is 2.10. The minimum absolute atomic E-state index is 0.0276. The van der Waals surface area contributed by atoms with Gasteiger partial charge >= 0.3 is 0 Å². The van der Waals surface area contributed by atoms with Gasteiger partial charge in [0.2, 0.25) is 0 Å². The van der Waals surface area contributed by atoms with Crippen molar-refractivity contribution in [1.29, 1.82) is 0 Å². The lowest BCUT2D eigenvalue weighted by atomic mass is 10.2. The summed E-state index contributed by atoms with van der Waals surface area (Å²) in [6, 6.07) is 4.38. The van der Waals surface area contributed by atoms with Crippen LogP contribution >= 0.6 is 23.2 Å². The first-order valence-electron chi connectivity index (χ1n) is 5.98. The SMILES string of the molecule is O=[N+]([O-])c1ccc(Cn2cc(CCCCl)nn2)c(Cl)c1. The van der Waals surface area contributed by atoms with Gasteiger partial charge in [-0.15, -0.1) is 16.7 Å². The van der Waals surface area contributed by atoms with Gasteiger partial charge < -0.3 is 0 Å². The summed E-state index contributed by atoms with van der Waals surface area (Å²) in [6.45, 7) is 0.421. The molecule has 20 heavy (non-hydrogen) atoms. The lowest BCUT2D eigenvalue weighted by Crippen LogP contribution is -2.01. The van der Waals surface area contributed by atoms with Gasteiger partial charge in [-0.1, -0.05) is 16.8 Å². The van der Waals surface area contributed by atoms with Gasteiger partial charge in [0.1, 0.15) is 0 Å². The number of rotatable bonds is 6. The Morgan fingerprint density at radius 3 is 2.85 bits per heavy atom. The number of halogens is 2. The standard InChI is InChI=1S/C12H12Cl2N4O2/c13-5-1-2-10-8-17(16-15-10)7-9-3-4-11(18(19)20)6-12(9)14/h3-4,6,8H,1-2,5,7H2. The normalized spacial score (nSPS) is 10.7. The fourth-order valence-electron chi connectivity index (χ4n) is 1.73. The Hall–Kier alpha value is -1.66. The van der Waals surface area contributed by atoms with E-state index in [1.807, 2.05) is 6.20 Å². The molecular formula is C12H12Cl2N4O2. The molecule has 0 saturated carbocycles. The molecule has 2 aromatic rings. The molecule has 0 fully saturated rings. The molecule has 0 saturated heterocycles. The summed E-state index contributed by atoms with van der Waals surface area (Å²) < 4.78 is 1.65. The zero-order valence-electron chi connectivity index (χ0n) is 10.5. The lowest BCUT2D eigenvalue weighted by molar-refractivity contribution is -0.384. The monoisotopic (exact) mass is 314 g/mol. The number of hydrogen-bond donors (Lipinski definition) is 0. The Balaban J connectivity index is 2.09. The van der Waals surface area contributed by atoms with Gasteiger partial charge in [-0.2, -0.15) is 0 Å². The van der Waals surface area contributed by atoms with Crippen LogP contribution in [0.4, 0.5) is 5.69 Å². The van der Waals surface area contributed by atoms with Crippen molar-refractivity contribution in [3.63, 3.8) is 0 Å². The van der Waals surface area contributed by atoms with Crippen molar-refractivity contribution in [2.75, 3.05) is 5.88 Å². The predicted molar refractivity (Wildman–Crippen MR) is 76.3 cm³/mol. The van der Waals surface area contributed by atoms with E-state index in [2.05, 4.69) is 10.3 Å². The van der Waals surface area contributed by atoms with Crippen molar-refractivity contribution in [3.05, 3.63) is 50.8 Å². The first kappa shape index (κ1) is 14.7. The average molecular weight is 315 g/mol. The van der Waals surface area contributed by atoms with Crippen LogP contribution in [0.1, 0.15) is 17.7 Å². The second kappa shape index (κ2) is 6.67. The van der Waals surface area contributed by atoms with E-state index >= 15 is 0 Å². The van der Waals surface area contributed by atoms with Crippen molar-refractivity contribution in [3.8, 4) is 0 Å². The molecule has 1 aromatic heterocycles. The van der Waals surface area contributed by atoms with E-state index in [9.17, 15) is 10.1 Å². The van der Waals surface area contributed by atoms with Crippen LogP contribution in [0.25, 0.3) is 0 Å². The highest BCUT2D eigenvalue weighted by Crippen LogP contribution is 2.23. The van der Waals surface area contributed by atoms with Crippen molar-refractivity contribution < 1.29 is 4.92 Å². The van der Waals surface area contributed by atoms with Crippen LogP contribution < -0.4 is 0 Å². The van der Waals surface area contributed by atoms with E-state index in [1.165, 1.54) is 12.1 Å². The third-order valence-corrected chi connectivity index (χ3v) is 3.35. The zero-order chi connectivity index (χ0) is 14.5. The largest absolute Gasteiger partial charge is 0.270 e. The molecular weight excluding hydrogens is 303 g/mol. The summed E-state index contributed by atoms with van der Waals surface area (Å²) in [5, 5.41) is 19.0. The molecule has 0 atom stereocenters. The van der Waals surface area contributed by atoms with Crippen molar-refractivity contribution in [1.82, 2.24) is 15.0 Å². The zero-order valence-corrected chi connectivity index (χ0v) is 12.0. The maximum atomic E-state index is 10.6. The van der Waals surface area contributed by atoms with Crippen LogP contribution in [-0.2, 0) is 13.0 Å². The van der Waals surface area contributed by atoms with Gasteiger partial charge in [0.15, 0.2) is 0 Å². The van der Waals surface area contributed by atoms with E-state index < -0.39 is 4.92 Å². The van der Waals surface area contributed by atoms with Crippen LogP contribution in [0.3, 0.4) is 0 Å². The molecule has 0 bridgehead atoms. The van der Waals surface area contributed by atoms with Gasteiger partial charge in [0.25, 0.3) is 5.69 Å². The Labute approximate surface area is 125 Å². The number of nitrogens with zero attached hydrogens (tertiary/aromatic N) is 4. The molecule has 0 spiro atoms. The van der Waals surface area contributed by atoms with Crippen LogP contribution in [0, 0.1) is 10.1 Å². The third-order valence-electron chi connectivity index (χ3n) is 2.73. The Bertz CT molecular complexity index is 615. The van der Waals surface area contributed by atoms with Gasteiger partial charge in [0, 0.05) is 24.2 Å². The number of benzene rings is 1. The molecule has 0 radical (unpaired) electrons. The number of non-ortho nitro benzene ring substituents is 1. The van der Waals surface area contributed by atoms with E-state index in [-0.39, 0.29) is 5.69 Å². The Morgan fingerprint density at radius 2 is 2.20 bits per heavy atom. The Morgan fingerprint density at radius 1 is 1.40 bits per heavy atom. The molecule has 0 aliphatic carbocycles. The maximum absolute atomic E-state index is 10.6. The molecule has 1 aromatic carbocycles. The van der Waals surface area contributed by atoms with Crippen molar-refractivity contribution in [2.45, 2.75) is 19.4 Å². The molecule has 2 rings (SSSR count). The quantitative estimate of drug-likeness (QED) is 0.466. The minimum atomic E-state index is -0.477. The minimum Gasteiger partial charge on any atom is -0.258 e. The summed E-state index contributed by atoms with van der Waals surface area (Å²) in [7, 11) is 0. The second-order valence-corrected chi connectivity index (χ2v) is 5.02. The molecule has 106 valence electrons. The van der Waals surface area contributed by atoms with Crippen molar-refractivity contribution >= 4 is 28.9 Å². The molecule has 0 unspecified atom stereocenters. The predicted octanol–water partition coefficient (Wildman–Crippen LogP) is 3.06. The molecule has 0 aliphatic heterocycles. The molecule has 8 heteroatoms. The van der Waals surface area contributed by atoms with Crippen LogP contribution in [0.15, 0.2) is 24.4 Å². The topological polar surface area (TPSA) is 73.8 Å². The molecule has 0 aliphatic rings. The van der Waals surface area contributed by atoms with Crippen LogP contribution in [0.5, 0.6) is 0 Å². The summed E-state index contributed by atoms with van der Waals surface area (Å²) in [5.41, 5.74) is 1.59. The van der Waals surface area contributed by atoms with Crippen molar-refractivity contribution in [2.24, 2.45) is 0 Å². The van der Waals surface area contributed by atoms with Crippen LogP contribution in [0.2, 0.25) is 5.02 Å². The third kappa shape index (κ3) is 3.68. The summed E-state index contributed by atoms with van der Waals surface area (Å²) in [4.78, 5) is 10.2. The van der Waals surface area contributed by atoms with Gasteiger partial charge in [-0.3, -0.25) is 10.1 Å². The lowest BCUT2D eigenvalue weighted by Gasteiger charge is -2.03. The maximum Gasteiger partial charge on any atom is 0.270 e. The number of hydrogen-bond acceptors (Lipinski definition) is 4. The fraction of sp³-hybridized carbons (Fsp3) is 0.333. The number of aromatic nitrogens is 3. The highest BCUT2D eigenvalue weighted by molar-refractivity contribution is 6.31. The summed E-state index contributed by atoms with van der Waals surface area (Å²) >= 11 is 11.7. The molecule has 0 N–H and O–H groups in total. The fourth-order valence-corrected chi connectivity index (χ4v) is 2.10. The van der Waals surface area contributed by atoms with Gasteiger partial charge in [-0.05, 0) is 24.5 Å². The smallest absolute Gasteiger partial charge is 0.258 e. The number of alkyl halides is 1. The first-order valence-corrected chi connectivity index (χ1v) is 6.89. The van der Waals surface area contributed by atoms with E-state index in [4.69, 9.17) is 23.2 Å². The molecule has 0 amide bonds. The van der Waals surface area contributed by atoms with E-state index in [0.717, 1.165) is 24.1 Å². The van der Waals surface area contributed by atoms with E-state index in [1.54, 1.807) is 10.7 Å². The Kier molecular flexibility index (Phi) is 4.92. The van der Waals surface area contributed by atoms with E-state index in [0.29, 0.717) is 17.4 Å². The first-order chi connectivity index (χ1) is 9.60. The summed E-state index contributed by atoms with van der Waals surface area (Å²) in [5.74, 6) is 0.584. The molecule has 6 nitrogen and oxygen atoms in total. The van der Waals surface area contributed by atoms with Gasteiger partial charge in [0.05, 0.1) is 22.2 Å². The average Bonchev–Trinajstić information content (AvgIpc) is 2.86. The summed E-state index contributed by atoms with van der Waals surface area (Å²) in [6.07, 6.45) is 3.44.